The first-order valence-electron chi connectivity index (χ1n) is 7.04. The molecule has 0 aromatic heterocycles. The summed E-state index contributed by atoms with van der Waals surface area (Å²) in [5.41, 5.74) is 1.28. The van der Waals surface area contributed by atoms with Crippen LogP contribution in [0.5, 0.6) is 0 Å². The van der Waals surface area contributed by atoms with Crippen LogP contribution in [-0.4, -0.2) is 38.7 Å². The van der Waals surface area contributed by atoms with Gasteiger partial charge in [-0.15, -0.1) is 11.8 Å². The van der Waals surface area contributed by atoms with E-state index in [-0.39, 0.29) is 5.60 Å². The number of rotatable bonds is 10. The molecule has 0 amide bonds. The number of methoxy groups -OCH3 is 2. The Morgan fingerprint density at radius 1 is 1.25 bits per heavy atom. The second kappa shape index (κ2) is 9.40. The molecule has 0 aliphatic carbocycles. The third kappa shape index (κ3) is 7.29. The zero-order valence-corrected chi connectivity index (χ0v) is 13.9. The summed E-state index contributed by atoms with van der Waals surface area (Å²) >= 11 is 1.89. The Kier molecular flexibility index (Phi) is 8.22. The Labute approximate surface area is 127 Å². The van der Waals surface area contributed by atoms with Gasteiger partial charge >= 0.3 is 0 Å². The minimum Gasteiger partial charge on any atom is -0.383 e. The van der Waals surface area contributed by atoms with Crippen molar-refractivity contribution in [2.45, 2.75) is 37.3 Å². The van der Waals surface area contributed by atoms with E-state index in [0.717, 1.165) is 31.9 Å². The first-order chi connectivity index (χ1) is 9.57. The van der Waals surface area contributed by atoms with Crippen molar-refractivity contribution in [1.29, 1.82) is 0 Å². The van der Waals surface area contributed by atoms with Gasteiger partial charge in [-0.25, -0.2) is 0 Å². The van der Waals surface area contributed by atoms with Crippen molar-refractivity contribution in [3.05, 3.63) is 29.8 Å². The Balaban J connectivity index is 2.36. The van der Waals surface area contributed by atoms with Gasteiger partial charge in [-0.2, -0.15) is 0 Å². The van der Waals surface area contributed by atoms with Crippen LogP contribution in [0.15, 0.2) is 29.2 Å². The Morgan fingerprint density at radius 3 is 2.75 bits per heavy atom. The maximum atomic E-state index is 5.44. The summed E-state index contributed by atoms with van der Waals surface area (Å²) in [6, 6.07) is 8.70. The highest BCUT2D eigenvalue weighted by Crippen LogP contribution is 2.24. The van der Waals surface area contributed by atoms with Crippen molar-refractivity contribution in [2.24, 2.45) is 0 Å². The van der Waals surface area contributed by atoms with Gasteiger partial charge in [0.1, 0.15) is 0 Å². The smallest absolute Gasteiger partial charge is 0.0630 e. The maximum Gasteiger partial charge on any atom is 0.0630 e. The fourth-order valence-corrected chi connectivity index (χ4v) is 2.91. The Bertz CT molecular complexity index is 382. The molecule has 1 rings (SSSR count). The number of benzene rings is 1. The molecular weight excluding hydrogens is 270 g/mol. The third-order valence-corrected chi connectivity index (χ3v) is 4.23. The standard InChI is InChI=1S/C16H27NO2S/c1-16(2,19-4)8-11-20-15-7-5-6-14(12-15)13-17-9-10-18-3/h5-7,12,17H,8-11,13H2,1-4H3. The normalized spacial score (nSPS) is 11.8. The van der Waals surface area contributed by atoms with E-state index in [2.05, 4.69) is 43.4 Å². The van der Waals surface area contributed by atoms with E-state index in [1.165, 1.54) is 10.5 Å². The van der Waals surface area contributed by atoms with Crippen LogP contribution in [0.1, 0.15) is 25.8 Å². The number of hydrogen-bond acceptors (Lipinski definition) is 4. The molecule has 0 radical (unpaired) electrons. The summed E-state index contributed by atoms with van der Waals surface area (Å²) in [6.45, 7) is 6.78. The number of ether oxygens (including phenoxy) is 2. The van der Waals surface area contributed by atoms with Crippen molar-refractivity contribution in [1.82, 2.24) is 5.32 Å². The molecule has 1 aromatic carbocycles. The summed E-state index contributed by atoms with van der Waals surface area (Å²) in [7, 11) is 3.50. The van der Waals surface area contributed by atoms with Gasteiger partial charge in [0, 0.05) is 38.0 Å². The largest absolute Gasteiger partial charge is 0.383 e. The lowest BCUT2D eigenvalue weighted by Gasteiger charge is -2.22. The number of thioether (sulfide) groups is 1. The van der Waals surface area contributed by atoms with Gasteiger partial charge in [0.2, 0.25) is 0 Å². The van der Waals surface area contributed by atoms with E-state index in [4.69, 9.17) is 9.47 Å². The molecule has 1 aromatic rings. The lowest BCUT2D eigenvalue weighted by Crippen LogP contribution is -2.22. The third-order valence-electron chi connectivity index (χ3n) is 3.24. The highest BCUT2D eigenvalue weighted by molar-refractivity contribution is 7.99. The highest BCUT2D eigenvalue weighted by Gasteiger charge is 2.15. The van der Waals surface area contributed by atoms with Crippen LogP contribution in [0, 0.1) is 0 Å². The van der Waals surface area contributed by atoms with Gasteiger partial charge in [0.05, 0.1) is 12.2 Å². The van der Waals surface area contributed by atoms with E-state index in [9.17, 15) is 0 Å². The minimum atomic E-state index is -0.0354. The molecule has 0 aliphatic rings. The fourth-order valence-electron chi connectivity index (χ4n) is 1.67. The first-order valence-corrected chi connectivity index (χ1v) is 8.02. The monoisotopic (exact) mass is 297 g/mol. The van der Waals surface area contributed by atoms with Crippen molar-refractivity contribution in [3.63, 3.8) is 0 Å². The molecule has 0 heterocycles. The van der Waals surface area contributed by atoms with Crippen LogP contribution < -0.4 is 5.32 Å². The molecule has 114 valence electrons. The summed E-state index contributed by atoms with van der Waals surface area (Å²) in [5.74, 6) is 1.07. The molecule has 0 saturated heterocycles. The van der Waals surface area contributed by atoms with E-state index < -0.39 is 0 Å². The van der Waals surface area contributed by atoms with E-state index >= 15 is 0 Å². The quantitative estimate of drug-likeness (QED) is 0.530. The first kappa shape index (κ1) is 17.5. The van der Waals surface area contributed by atoms with Crippen molar-refractivity contribution < 1.29 is 9.47 Å². The Morgan fingerprint density at radius 2 is 2.05 bits per heavy atom. The van der Waals surface area contributed by atoms with Crippen LogP contribution in [0.3, 0.4) is 0 Å². The second-order valence-electron chi connectivity index (χ2n) is 5.38. The molecule has 0 aliphatic heterocycles. The second-order valence-corrected chi connectivity index (χ2v) is 6.55. The molecule has 0 atom stereocenters. The topological polar surface area (TPSA) is 30.5 Å². The van der Waals surface area contributed by atoms with Crippen molar-refractivity contribution >= 4 is 11.8 Å². The predicted octanol–water partition coefficient (Wildman–Crippen LogP) is 3.33. The zero-order chi connectivity index (χ0) is 14.8. The van der Waals surface area contributed by atoms with Gasteiger partial charge in [-0.3, -0.25) is 0 Å². The summed E-state index contributed by atoms with van der Waals surface area (Å²) in [5, 5.41) is 3.37. The van der Waals surface area contributed by atoms with Crippen LogP contribution in [0.25, 0.3) is 0 Å². The van der Waals surface area contributed by atoms with Gasteiger partial charge in [-0.05, 0) is 38.0 Å². The van der Waals surface area contributed by atoms with E-state index in [1.807, 2.05) is 11.8 Å². The van der Waals surface area contributed by atoms with Crippen LogP contribution in [-0.2, 0) is 16.0 Å². The van der Waals surface area contributed by atoms with E-state index in [0.29, 0.717) is 0 Å². The molecule has 0 saturated carbocycles. The zero-order valence-electron chi connectivity index (χ0n) is 13.1. The predicted molar refractivity (Wildman–Crippen MR) is 86.5 cm³/mol. The average Bonchev–Trinajstić information content (AvgIpc) is 2.44. The molecule has 0 bridgehead atoms. The molecule has 0 spiro atoms. The van der Waals surface area contributed by atoms with Gasteiger partial charge < -0.3 is 14.8 Å². The Hall–Kier alpha value is -0.550. The van der Waals surface area contributed by atoms with Gasteiger partial charge in [0.15, 0.2) is 0 Å². The molecular formula is C16H27NO2S. The van der Waals surface area contributed by atoms with Crippen molar-refractivity contribution in [2.75, 3.05) is 33.1 Å². The van der Waals surface area contributed by atoms with Crippen LogP contribution in [0.4, 0.5) is 0 Å². The average molecular weight is 297 g/mol. The highest BCUT2D eigenvalue weighted by atomic mass is 32.2. The molecule has 0 fully saturated rings. The summed E-state index contributed by atoms with van der Waals surface area (Å²) in [6.07, 6.45) is 1.05. The molecule has 1 N–H and O–H groups in total. The molecule has 3 nitrogen and oxygen atoms in total. The maximum absolute atomic E-state index is 5.44. The van der Waals surface area contributed by atoms with Crippen molar-refractivity contribution in [3.8, 4) is 0 Å². The summed E-state index contributed by atoms with van der Waals surface area (Å²) < 4.78 is 10.5. The number of hydrogen-bond donors (Lipinski definition) is 1. The SMILES string of the molecule is COCCNCc1cccc(SCCC(C)(C)OC)c1. The summed E-state index contributed by atoms with van der Waals surface area (Å²) in [4.78, 5) is 1.32. The van der Waals surface area contributed by atoms with E-state index in [1.54, 1.807) is 14.2 Å². The lowest BCUT2D eigenvalue weighted by molar-refractivity contribution is 0.0207. The molecule has 4 heteroatoms. The molecule has 0 unspecified atom stereocenters. The molecule has 20 heavy (non-hydrogen) atoms. The lowest BCUT2D eigenvalue weighted by atomic mass is 10.1. The van der Waals surface area contributed by atoms with Gasteiger partial charge in [0.25, 0.3) is 0 Å². The minimum absolute atomic E-state index is 0.0354. The van der Waals surface area contributed by atoms with Gasteiger partial charge in [-0.1, -0.05) is 12.1 Å². The number of nitrogens with one attached hydrogen (secondary N) is 1. The van der Waals surface area contributed by atoms with Crippen LogP contribution in [0.2, 0.25) is 0 Å². The fraction of sp³-hybridized carbons (Fsp3) is 0.625. The van der Waals surface area contributed by atoms with Crippen LogP contribution >= 0.6 is 11.8 Å².